The maximum Gasteiger partial charge on any atom is 0.408 e. The van der Waals surface area contributed by atoms with Gasteiger partial charge in [-0.15, -0.1) is 0 Å². The molecule has 0 aliphatic rings. The van der Waals surface area contributed by atoms with Gasteiger partial charge in [0.15, 0.2) is 0 Å². The number of ether oxygens (including phenoxy) is 2. The molecule has 4 aromatic rings. The summed E-state index contributed by atoms with van der Waals surface area (Å²) in [6, 6.07) is 24.0. The monoisotopic (exact) mass is 556 g/mol. The number of aromatic nitrogens is 1. The van der Waals surface area contributed by atoms with Gasteiger partial charge < -0.3 is 30.4 Å². The average Bonchev–Trinajstić information content (AvgIpc) is 3.41. The number of carbonyl (C=O) groups excluding carboxylic acids is 4. The van der Waals surface area contributed by atoms with Crippen LogP contribution in [0, 0.1) is 0 Å². The highest BCUT2D eigenvalue weighted by molar-refractivity contribution is 5.91. The van der Waals surface area contributed by atoms with Crippen LogP contribution in [0.25, 0.3) is 10.9 Å². The quantitative estimate of drug-likeness (QED) is 0.197. The molecule has 10 heteroatoms. The summed E-state index contributed by atoms with van der Waals surface area (Å²) in [5.41, 5.74) is 3.36. The third kappa shape index (κ3) is 8.69. The summed E-state index contributed by atoms with van der Waals surface area (Å²) < 4.78 is 10.6. The van der Waals surface area contributed by atoms with E-state index in [4.69, 9.17) is 9.47 Å². The van der Waals surface area contributed by atoms with Crippen LogP contribution in [-0.4, -0.2) is 47.5 Å². The molecule has 10 nitrogen and oxygen atoms in total. The number of fused-ring (bicyclic) bond motifs is 1. The van der Waals surface area contributed by atoms with Crippen molar-refractivity contribution in [2.75, 3.05) is 6.54 Å². The number of rotatable bonds is 12. The zero-order chi connectivity index (χ0) is 29.0. The van der Waals surface area contributed by atoms with Crippen molar-refractivity contribution in [1.82, 2.24) is 20.9 Å². The van der Waals surface area contributed by atoms with Crippen LogP contribution in [0.15, 0.2) is 91.1 Å². The van der Waals surface area contributed by atoms with Gasteiger partial charge in [-0.1, -0.05) is 78.9 Å². The molecule has 0 saturated carbocycles. The van der Waals surface area contributed by atoms with E-state index >= 15 is 0 Å². The Morgan fingerprint density at radius 1 is 0.780 bits per heavy atom. The van der Waals surface area contributed by atoms with Gasteiger partial charge in [-0.25, -0.2) is 9.59 Å². The predicted octanol–water partition coefficient (Wildman–Crippen LogP) is 3.37. The highest BCUT2D eigenvalue weighted by Gasteiger charge is 2.25. The van der Waals surface area contributed by atoms with Gasteiger partial charge in [0.1, 0.15) is 25.3 Å². The first kappa shape index (κ1) is 28.9. The molecule has 0 aliphatic carbocycles. The molecule has 0 bridgehead atoms. The number of hydrogen-bond donors (Lipinski definition) is 4. The zero-order valence-corrected chi connectivity index (χ0v) is 22.6. The molecule has 1 aromatic heterocycles. The third-order valence-corrected chi connectivity index (χ3v) is 6.31. The number of carbonyl (C=O) groups is 4. The molecule has 212 valence electrons. The van der Waals surface area contributed by atoms with E-state index in [9.17, 15) is 19.2 Å². The van der Waals surface area contributed by atoms with Crippen molar-refractivity contribution in [2.45, 2.75) is 38.6 Å². The number of nitrogens with one attached hydrogen (secondary N) is 4. The Kier molecular flexibility index (Phi) is 10.1. The van der Waals surface area contributed by atoms with Crippen molar-refractivity contribution in [1.29, 1.82) is 0 Å². The average molecular weight is 557 g/mol. The predicted molar refractivity (Wildman–Crippen MR) is 152 cm³/mol. The van der Waals surface area contributed by atoms with E-state index in [2.05, 4.69) is 20.9 Å². The Hall–Kier alpha value is -5.12. The lowest BCUT2D eigenvalue weighted by Gasteiger charge is -2.19. The van der Waals surface area contributed by atoms with E-state index in [1.54, 1.807) is 6.20 Å². The number of para-hydroxylation sites is 1. The van der Waals surface area contributed by atoms with Gasteiger partial charge in [-0.05, 0) is 29.7 Å². The van der Waals surface area contributed by atoms with Crippen molar-refractivity contribution in [3.05, 3.63) is 108 Å². The van der Waals surface area contributed by atoms with Gasteiger partial charge in [0.2, 0.25) is 11.8 Å². The summed E-state index contributed by atoms with van der Waals surface area (Å²) in [5, 5.41) is 8.50. The van der Waals surface area contributed by atoms with Crippen LogP contribution in [0.4, 0.5) is 4.79 Å². The lowest BCUT2D eigenvalue weighted by molar-refractivity contribution is -0.149. The van der Waals surface area contributed by atoms with Crippen LogP contribution < -0.4 is 16.0 Å². The molecule has 4 rings (SSSR count). The fourth-order valence-electron chi connectivity index (χ4n) is 4.12. The van der Waals surface area contributed by atoms with Crippen molar-refractivity contribution in [3.63, 3.8) is 0 Å². The molecule has 0 radical (unpaired) electrons. The molecule has 0 fully saturated rings. The third-order valence-electron chi connectivity index (χ3n) is 6.31. The number of amides is 3. The summed E-state index contributed by atoms with van der Waals surface area (Å²) >= 11 is 0. The van der Waals surface area contributed by atoms with Crippen molar-refractivity contribution >= 4 is 34.8 Å². The van der Waals surface area contributed by atoms with Crippen LogP contribution in [0.5, 0.6) is 0 Å². The van der Waals surface area contributed by atoms with Crippen LogP contribution in [-0.2, 0) is 43.5 Å². The molecule has 41 heavy (non-hydrogen) atoms. The molecular formula is C31H32N4O6. The van der Waals surface area contributed by atoms with Crippen LogP contribution >= 0.6 is 0 Å². The van der Waals surface area contributed by atoms with E-state index in [0.29, 0.717) is 0 Å². The Balaban J connectivity index is 1.30. The minimum absolute atomic E-state index is 0.0558. The van der Waals surface area contributed by atoms with E-state index in [1.165, 1.54) is 6.92 Å². The smallest absolute Gasteiger partial charge is 0.408 e. The van der Waals surface area contributed by atoms with E-state index in [1.807, 2.05) is 84.9 Å². The largest absolute Gasteiger partial charge is 0.459 e. The number of alkyl carbamates (subject to hydrolysis) is 1. The maximum absolute atomic E-state index is 13.1. The van der Waals surface area contributed by atoms with E-state index in [0.717, 1.165) is 27.6 Å². The Morgan fingerprint density at radius 2 is 1.39 bits per heavy atom. The van der Waals surface area contributed by atoms with Crippen molar-refractivity contribution in [3.8, 4) is 0 Å². The van der Waals surface area contributed by atoms with E-state index in [-0.39, 0.29) is 19.6 Å². The minimum Gasteiger partial charge on any atom is -0.459 e. The molecule has 1 heterocycles. The highest BCUT2D eigenvalue weighted by Crippen LogP contribution is 2.19. The first-order valence-electron chi connectivity index (χ1n) is 13.2. The number of H-pyrrole nitrogens is 1. The Morgan fingerprint density at radius 3 is 2.07 bits per heavy atom. The van der Waals surface area contributed by atoms with Gasteiger partial charge in [0.25, 0.3) is 0 Å². The lowest BCUT2D eigenvalue weighted by atomic mass is 10.0. The number of aromatic amines is 1. The summed E-state index contributed by atoms with van der Waals surface area (Å²) in [6.45, 7) is 1.18. The molecule has 2 atom stereocenters. The number of esters is 1. The molecule has 3 amide bonds. The topological polar surface area (TPSA) is 139 Å². The molecule has 0 unspecified atom stereocenters. The number of benzene rings is 3. The normalized spacial score (nSPS) is 12.1. The second-order valence-electron chi connectivity index (χ2n) is 9.42. The molecular weight excluding hydrogens is 524 g/mol. The zero-order valence-electron chi connectivity index (χ0n) is 22.6. The molecule has 0 aliphatic heterocycles. The molecule has 0 spiro atoms. The number of hydrogen-bond acceptors (Lipinski definition) is 6. The van der Waals surface area contributed by atoms with Gasteiger partial charge in [-0.2, -0.15) is 0 Å². The summed E-state index contributed by atoms with van der Waals surface area (Å²) in [5.74, 6) is -1.77. The standard InChI is InChI=1S/C31H32N4O6/c1-21(34-31(39)41-20-23-12-6-3-7-13-23)29(37)33-18-28(36)35-27(30(38)40-19-22-10-4-2-5-11-22)16-24-17-32-26-15-9-8-14-25(24)26/h2-15,17,21,27,32H,16,18-20H2,1H3,(H,33,37)(H,34,39)(H,35,36)/t21-,27-/m0/s1. The first-order chi connectivity index (χ1) is 19.9. The van der Waals surface area contributed by atoms with E-state index < -0.39 is 42.5 Å². The van der Waals surface area contributed by atoms with Gasteiger partial charge in [-0.3, -0.25) is 9.59 Å². The van der Waals surface area contributed by atoms with Crippen LogP contribution in [0.3, 0.4) is 0 Å². The first-order valence-corrected chi connectivity index (χ1v) is 13.2. The van der Waals surface area contributed by atoms with Crippen LogP contribution in [0.1, 0.15) is 23.6 Å². The second-order valence-corrected chi connectivity index (χ2v) is 9.42. The second kappa shape index (κ2) is 14.3. The van der Waals surface area contributed by atoms with Crippen molar-refractivity contribution in [2.24, 2.45) is 0 Å². The van der Waals surface area contributed by atoms with Gasteiger partial charge >= 0.3 is 12.1 Å². The SMILES string of the molecule is C[C@H](NC(=O)OCc1ccccc1)C(=O)NCC(=O)N[C@@H](Cc1c[nH]c2ccccc12)C(=O)OCc1ccccc1. The maximum atomic E-state index is 13.1. The molecule has 3 aromatic carbocycles. The lowest BCUT2D eigenvalue weighted by Crippen LogP contribution is -2.50. The van der Waals surface area contributed by atoms with Crippen molar-refractivity contribution < 1.29 is 28.7 Å². The highest BCUT2D eigenvalue weighted by atomic mass is 16.5. The summed E-state index contributed by atoms with van der Waals surface area (Å²) in [6.07, 6.45) is 1.21. The molecule has 4 N–H and O–H groups in total. The molecule has 0 saturated heterocycles. The van der Waals surface area contributed by atoms with Crippen LogP contribution in [0.2, 0.25) is 0 Å². The fraction of sp³-hybridized carbons (Fsp3) is 0.226. The summed E-state index contributed by atoms with van der Waals surface area (Å²) in [4.78, 5) is 53.5. The van der Waals surface area contributed by atoms with Gasteiger partial charge in [0.05, 0.1) is 6.54 Å². The van der Waals surface area contributed by atoms with Gasteiger partial charge in [0, 0.05) is 23.5 Å². The fourth-order valence-corrected chi connectivity index (χ4v) is 4.12. The summed E-state index contributed by atoms with van der Waals surface area (Å²) in [7, 11) is 0. The Bertz CT molecular complexity index is 1470. The minimum atomic E-state index is -0.995. The Labute approximate surface area is 237 Å².